The number of aliphatic imine (C=N–C) groups is 1. The molecule has 2 atom stereocenters. The van der Waals surface area contributed by atoms with Crippen molar-refractivity contribution < 1.29 is 9.84 Å². The fourth-order valence-corrected chi connectivity index (χ4v) is 3.08. The minimum absolute atomic E-state index is 0.0119. The van der Waals surface area contributed by atoms with Crippen molar-refractivity contribution >= 4 is 11.6 Å². The van der Waals surface area contributed by atoms with E-state index in [-0.39, 0.29) is 11.9 Å². The number of benzene rings is 1. The summed E-state index contributed by atoms with van der Waals surface area (Å²) >= 11 is 0. The molecule has 2 aromatic rings. The van der Waals surface area contributed by atoms with Crippen LogP contribution in [0.15, 0.2) is 47.7 Å². The minimum atomic E-state index is -0.804. The van der Waals surface area contributed by atoms with Gasteiger partial charge in [0.1, 0.15) is 17.5 Å². The number of nitrogens with zero attached hydrogens (tertiary/aromatic N) is 3. The normalized spacial score (nSPS) is 21.6. The number of rotatable bonds is 2. The monoisotopic (exact) mass is 337 g/mol. The lowest BCUT2D eigenvalue weighted by Crippen LogP contribution is -2.49. The number of guanidine groups is 1. The predicted octanol–water partition coefficient (Wildman–Crippen LogP) is 1.95. The summed E-state index contributed by atoms with van der Waals surface area (Å²) in [5.74, 6) is 0.303. The van der Waals surface area contributed by atoms with E-state index in [2.05, 4.69) is 15.3 Å². The van der Waals surface area contributed by atoms with E-state index in [1.807, 2.05) is 38.1 Å². The van der Waals surface area contributed by atoms with Crippen LogP contribution in [0.25, 0.3) is 0 Å². The quantitative estimate of drug-likeness (QED) is 0.438. The smallest absolute Gasteiger partial charge is 0.209 e. The van der Waals surface area contributed by atoms with Gasteiger partial charge in [-0.25, -0.2) is 0 Å². The van der Waals surface area contributed by atoms with E-state index in [1.165, 1.54) is 0 Å². The van der Waals surface area contributed by atoms with Gasteiger partial charge in [0.15, 0.2) is 0 Å². The maximum absolute atomic E-state index is 11.0. The lowest BCUT2D eigenvalue weighted by Gasteiger charge is -2.42. The maximum Gasteiger partial charge on any atom is 0.209 e. The summed E-state index contributed by atoms with van der Waals surface area (Å²) in [7, 11) is 0. The molecule has 1 aromatic heterocycles. The predicted molar refractivity (Wildman–Crippen MR) is 94.1 cm³/mol. The number of nitrogens with one attached hydrogen (secondary N) is 1. The van der Waals surface area contributed by atoms with Gasteiger partial charge in [0.05, 0.1) is 0 Å². The standard InChI is InChI=1S/C18H19N5O2/c1-18(2)16(24)15(12-9-21-8-7-14(12)25-18)11-5-3-4-6-13(11)23-17(20)22-10-19/h3-9,15-16,24H,1-2H3,(H3,20,22,23). The molecule has 1 aromatic carbocycles. The number of nitrogens with two attached hydrogens (primary N) is 1. The average molecular weight is 337 g/mol. The number of para-hydroxylation sites is 1. The third-order valence-electron chi connectivity index (χ3n) is 4.28. The zero-order chi connectivity index (χ0) is 18.0. The Hall–Kier alpha value is -3.11. The summed E-state index contributed by atoms with van der Waals surface area (Å²) in [5, 5.41) is 22.5. The second-order valence-electron chi connectivity index (χ2n) is 6.35. The molecule has 7 nitrogen and oxygen atoms in total. The van der Waals surface area contributed by atoms with Crippen molar-refractivity contribution in [3.05, 3.63) is 53.9 Å². The molecular weight excluding hydrogens is 318 g/mol. The molecule has 0 fully saturated rings. The van der Waals surface area contributed by atoms with E-state index in [9.17, 15) is 5.11 Å². The van der Waals surface area contributed by atoms with E-state index < -0.39 is 11.7 Å². The van der Waals surface area contributed by atoms with Crippen LogP contribution in [0.5, 0.6) is 5.75 Å². The van der Waals surface area contributed by atoms with Crippen LogP contribution in [0.1, 0.15) is 30.9 Å². The fraction of sp³-hybridized carbons (Fsp3) is 0.278. The Labute approximate surface area is 145 Å². The molecule has 0 spiro atoms. The van der Waals surface area contributed by atoms with Gasteiger partial charge in [-0.1, -0.05) is 18.2 Å². The summed E-state index contributed by atoms with van der Waals surface area (Å²) in [5.41, 5.74) is 7.20. The molecule has 0 bridgehead atoms. The van der Waals surface area contributed by atoms with Gasteiger partial charge in [-0.3, -0.25) is 4.98 Å². The van der Waals surface area contributed by atoms with Gasteiger partial charge in [-0.2, -0.15) is 5.26 Å². The van der Waals surface area contributed by atoms with Crippen molar-refractivity contribution in [1.29, 1.82) is 5.26 Å². The van der Waals surface area contributed by atoms with Gasteiger partial charge in [0.2, 0.25) is 12.2 Å². The topological polar surface area (TPSA) is 117 Å². The fourth-order valence-electron chi connectivity index (χ4n) is 3.08. The molecule has 3 rings (SSSR count). The van der Waals surface area contributed by atoms with E-state index in [0.717, 1.165) is 11.1 Å². The number of pyridine rings is 1. The van der Waals surface area contributed by atoms with E-state index in [0.29, 0.717) is 11.4 Å². The SMILES string of the molecule is CC1(C)Oc2ccncc2C(c2ccccc2N/C(N)=N\C#N)C1O. The third-order valence-corrected chi connectivity index (χ3v) is 4.28. The van der Waals surface area contributed by atoms with Crippen molar-refractivity contribution in [3.63, 3.8) is 0 Å². The van der Waals surface area contributed by atoms with Gasteiger partial charge in [-0.05, 0) is 31.5 Å². The molecule has 128 valence electrons. The number of nitriles is 1. The molecule has 0 saturated carbocycles. The maximum atomic E-state index is 11.0. The van der Waals surface area contributed by atoms with E-state index in [1.54, 1.807) is 24.7 Å². The van der Waals surface area contributed by atoms with Gasteiger partial charge in [0.25, 0.3) is 0 Å². The molecule has 0 amide bonds. The Balaban J connectivity index is 2.13. The van der Waals surface area contributed by atoms with Crippen molar-refractivity contribution in [2.75, 3.05) is 5.32 Å². The van der Waals surface area contributed by atoms with Crippen LogP contribution in [0.2, 0.25) is 0 Å². The Morgan fingerprint density at radius 2 is 2.12 bits per heavy atom. The van der Waals surface area contributed by atoms with Crippen molar-refractivity contribution in [1.82, 2.24) is 4.98 Å². The largest absolute Gasteiger partial charge is 0.485 e. The molecule has 1 aliphatic heterocycles. The lowest BCUT2D eigenvalue weighted by molar-refractivity contribution is -0.0512. The van der Waals surface area contributed by atoms with Crippen LogP contribution in [0.3, 0.4) is 0 Å². The number of hydrogen-bond acceptors (Lipinski definition) is 5. The number of ether oxygens (including phenoxy) is 1. The molecule has 2 heterocycles. The Kier molecular flexibility index (Phi) is 4.30. The first-order chi connectivity index (χ1) is 11.9. The van der Waals surface area contributed by atoms with Crippen LogP contribution in [0.4, 0.5) is 5.69 Å². The number of hydrogen-bond donors (Lipinski definition) is 3. The number of aliphatic hydroxyl groups is 1. The van der Waals surface area contributed by atoms with Crippen molar-refractivity contribution in [2.45, 2.75) is 31.5 Å². The second kappa shape index (κ2) is 6.42. The summed E-state index contributed by atoms with van der Waals surface area (Å²) in [6, 6.07) is 9.22. The Bertz CT molecular complexity index is 857. The number of aliphatic hydroxyl groups excluding tert-OH is 1. The summed E-state index contributed by atoms with van der Waals surface area (Å²) in [4.78, 5) is 7.66. The Morgan fingerprint density at radius 3 is 2.88 bits per heavy atom. The molecule has 25 heavy (non-hydrogen) atoms. The second-order valence-corrected chi connectivity index (χ2v) is 6.35. The highest BCUT2D eigenvalue weighted by Gasteiger charge is 2.44. The molecule has 0 radical (unpaired) electrons. The van der Waals surface area contributed by atoms with Crippen LogP contribution in [-0.4, -0.2) is 27.8 Å². The van der Waals surface area contributed by atoms with E-state index >= 15 is 0 Å². The summed E-state index contributed by atoms with van der Waals surface area (Å²) in [6.07, 6.45) is 4.20. The molecular formula is C18H19N5O2. The zero-order valence-corrected chi connectivity index (χ0v) is 14.0. The minimum Gasteiger partial charge on any atom is -0.485 e. The van der Waals surface area contributed by atoms with Gasteiger partial charge >= 0.3 is 0 Å². The first kappa shape index (κ1) is 16.7. The zero-order valence-electron chi connectivity index (χ0n) is 14.0. The molecule has 0 aliphatic carbocycles. The van der Waals surface area contributed by atoms with E-state index in [4.69, 9.17) is 15.7 Å². The first-order valence-corrected chi connectivity index (χ1v) is 7.83. The molecule has 4 N–H and O–H groups in total. The Morgan fingerprint density at radius 1 is 1.36 bits per heavy atom. The van der Waals surface area contributed by atoms with Crippen LogP contribution >= 0.6 is 0 Å². The van der Waals surface area contributed by atoms with Crippen molar-refractivity contribution in [3.8, 4) is 11.9 Å². The van der Waals surface area contributed by atoms with Crippen molar-refractivity contribution in [2.24, 2.45) is 10.7 Å². The highest BCUT2D eigenvalue weighted by molar-refractivity contribution is 5.93. The van der Waals surface area contributed by atoms with Crippen LogP contribution in [0, 0.1) is 11.5 Å². The highest BCUT2D eigenvalue weighted by atomic mass is 16.5. The van der Waals surface area contributed by atoms with Crippen LogP contribution in [-0.2, 0) is 0 Å². The summed E-state index contributed by atoms with van der Waals surface area (Å²) < 4.78 is 5.94. The highest BCUT2D eigenvalue weighted by Crippen LogP contribution is 2.45. The number of fused-ring (bicyclic) bond motifs is 1. The lowest BCUT2D eigenvalue weighted by atomic mass is 9.77. The molecule has 2 unspecified atom stereocenters. The molecule has 7 heteroatoms. The number of anilines is 1. The number of aromatic nitrogens is 1. The summed E-state index contributed by atoms with van der Waals surface area (Å²) in [6.45, 7) is 3.69. The van der Waals surface area contributed by atoms with Gasteiger partial charge in [0, 0.05) is 29.6 Å². The molecule has 0 saturated heterocycles. The molecule has 1 aliphatic rings. The third kappa shape index (κ3) is 3.12. The van der Waals surface area contributed by atoms with Crippen LogP contribution < -0.4 is 15.8 Å². The van der Waals surface area contributed by atoms with Gasteiger partial charge < -0.3 is 20.9 Å². The van der Waals surface area contributed by atoms with Gasteiger partial charge in [-0.15, -0.1) is 4.99 Å². The first-order valence-electron chi connectivity index (χ1n) is 7.83. The average Bonchev–Trinajstić information content (AvgIpc) is 2.57.